The van der Waals surface area contributed by atoms with Crippen molar-refractivity contribution in [2.45, 2.75) is 20.3 Å². The van der Waals surface area contributed by atoms with E-state index in [4.69, 9.17) is 0 Å². The molecule has 0 bridgehead atoms. The van der Waals surface area contributed by atoms with Crippen LogP contribution in [-0.2, 0) is 6.42 Å². The molecule has 0 saturated carbocycles. The Kier molecular flexibility index (Phi) is 3.37. The van der Waals surface area contributed by atoms with E-state index in [1.807, 2.05) is 6.92 Å². The van der Waals surface area contributed by atoms with Gasteiger partial charge in [0.05, 0.1) is 0 Å². The quantitative estimate of drug-likeness (QED) is 0.836. The van der Waals surface area contributed by atoms with Gasteiger partial charge in [0.25, 0.3) is 5.56 Å². The Bertz CT molecular complexity index is 630. The van der Waals surface area contributed by atoms with E-state index in [-0.39, 0.29) is 11.3 Å². The van der Waals surface area contributed by atoms with Crippen LogP contribution < -0.4 is 5.56 Å². The Labute approximate surface area is 105 Å². The van der Waals surface area contributed by atoms with Gasteiger partial charge >= 0.3 is 0 Å². The summed E-state index contributed by atoms with van der Waals surface area (Å²) in [5.74, 6) is -0.160. The predicted octanol–water partition coefficient (Wildman–Crippen LogP) is 1.87. The van der Waals surface area contributed by atoms with Crippen molar-refractivity contribution in [3.63, 3.8) is 0 Å². The van der Waals surface area contributed by atoms with Crippen molar-refractivity contribution in [1.82, 2.24) is 9.97 Å². The molecule has 92 valence electrons. The number of aromatic nitrogens is 2. The minimum Gasteiger partial charge on any atom is -0.325 e. The molecule has 0 aliphatic rings. The summed E-state index contributed by atoms with van der Waals surface area (Å²) >= 11 is 0. The van der Waals surface area contributed by atoms with Crippen LogP contribution in [0.1, 0.15) is 34.2 Å². The first-order valence-corrected chi connectivity index (χ1v) is 5.82. The number of H-pyrrole nitrogens is 1. The van der Waals surface area contributed by atoms with Gasteiger partial charge in [0.2, 0.25) is 5.78 Å². The predicted molar refractivity (Wildman–Crippen MR) is 68.8 cm³/mol. The number of hydrogen-bond donors (Lipinski definition) is 1. The number of pyridine rings is 2. The average molecular weight is 242 g/mol. The highest BCUT2D eigenvalue weighted by Gasteiger charge is 2.15. The maximum atomic E-state index is 12.3. The van der Waals surface area contributed by atoms with Gasteiger partial charge in [-0.2, -0.15) is 0 Å². The Balaban J connectivity index is 2.54. The molecule has 2 aromatic heterocycles. The van der Waals surface area contributed by atoms with Crippen LogP contribution in [0.5, 0.6) is 0 Å². The number of ketones is 1. The van der Waals surface area contributed by atoms with E-state index in [0.717, 1.165) is 0 Å². The number of aromatic amines is 1. The van der Waals surface area contributed by atoms with E-state index in [2.05, 4.69) is 9.97 Å². The van der Waals surface area contributed by atoms with Crippen LogP contribution in [0.2, 0.25) is 0 Å². The third kappa shape index (κ3) is 2.22. The lowest BCUT2D eigenvalue weighted by Gasteiger charge is -2.07. The first-order valence-electron chi connectivity index (χ1n) is 5.82. The van der Waals surface area contributed by atoms with E-state index >= 15 is 0 Å². The molecule has 4 heteroatoms. The van der Waals surface area contributed by atoms with Crippen LogP contribution in [0.3, 0.4) is 0 Å². The Morgan fingerprint density at radius 2 is 2.17 bits per heavy atom. The molecule has 0 aliphatic carbocycles. The number of aryl methyl sites for hydroxylation is 2. The molecule has 18 heavy (non-hydrogen) atoms. The normalized spacial score (nSPS) is 10.3. The standard InChI is InChI=1S/C14H14N2O2/c1-3-11-10(8-9(2)14(18)16-11)13(17)12-6-4-5-7-15-12/h4-8H,3H2,1-2H3,(H,16,18). The van der Waals surface area contributed by atoms with Gasteiger partial charge in [-0.05, 0) is 31.5 Å². The number of carbonyl (C=O) groups is 1. The minimum atomic E-state index is -0.160. The third-order valence-electron chi connectivity index (χ3n) is 2.80. The van der Waals surface area contributed by atoms with E-state index in [0.29, 0.717) is 28.9 Å². The fraction of sp³-hybridized carbons (Fsp3) is 0.214. The van der Waals surface area contributed by atoms with Crippen molar-refractivity contribution in [1.29, 1.82) is 0 Å². The summed E-state index contributed by atoms with van der Waals surface area (Å²) < 4.78 is 0. The molecule has 0 fully saturated rings. The van der Waals surface area contributed by atoms with Gasteiger partial charge in [0.1, 0.15) is 5.69 Å². The maximum Gasteiger partial charge on any atom is 0.251 e. The van der Waals surface area contributed by atoms with Crippen LogP contribution in [0.15, 0.2) is 35.3 Å². The first-order chi connectivity index (χ1) is 8.63. The molecule has 0 aromatic carbocycles. The summed E-state index contributed by atoms with van der Waals surface area (Å²) in [5, 5.41) is 0. The second kappa shape index (κ2) is 4.96. The molecule has 0 amide bonds. The molecule has 4 nitrogen and oxygen atoms in total. The number of nitrogens with zero attached hydrogens (tertiary/aromatic N) is 1. The summed E-state index contributed by atoms with van der Waals surface area (Å²) in [5.41, 5.74) is 1.95. The van der Waals surface area contributed by atoms with Crippen LogP contribution in [0, 0.1) is 6.92 Å². The van der Waals surface area contributed by atoms with Crippen LogP contribution in [-0.4, -0.2) is 15.8 Å². The Hall–Kier alpha value is -2.23. The Morgan fingerprint density at radius 1 is 1.39 bits per heavy atom. The molecule has 0 saturated heterocycles. The third-order valence-corrected chi connectivity index (χ3v) is 2.80. The van der Waals surface area contributed by atoms with Gasteiger partial charge in [-0.3, -0.25) is 14.6 Å². The molecule has 0 radical (unpaired) electrons. The molecule has 0 atom stereocenters. The van der Waals surface area contributed by atoms with Gasteiger partial charge in [0, 0.05) is 23.0 Å². The number of rotatable bonds is 3. The molecule has 2 rings (SSSR count). The second-order valence-electron chi connectivity index (χ2n) is 4.07. The largest absolute Gasteiger partial charge is 0.325 e. The molecule has 0 aliphatic heterocycles. The van der Waals surface area contributed by atoms with Crippen molar-refractivity contribution in [2.75, 3.05) is 0 Å². The monoisotopic (exact) mass is 242 g/mol. The van der Waals surface area contributed by atoms with Crippen molar-refractivity contribution >= 4 is 5.78 Å². The topological polar surface area (TPSA) is 62.8 Å². The molecule has 2 aromatic rings. The van der Waals surface area contributed by atoms with Crippen molar-refractivity contribution in [3.8, 4) is 0 Å². The highest BCUT2D eigenvalue weighted by Crippen LogP contribution is 2.12. The molecular formula is C14H14N2O2. The molecule has 0 unspecified atom stereocenters. The summed E-state index contributed by atoms with van der Waals surface area (Å²) in [6, 6.07) is 6.83. The summed E-state index contributed by atoms with van der Waals surface area (Å²) in [7, 11) is 0. The second-order valence-corrected chi connectivity index (χ2v) is 4.07. The highest BCUT2D eigenvalue weighted by molar-refractivity contribution is 6.08. The lowest BCUT2D eigenvalue weighted by atomic mass is 10.0. The summed E-state index contributed by atoms with van der Waals surface area (Å²) in [4.78, 5) is 30.6. The SMILES string of the molecule is CCc1[nH]c(=O)c(C)cc1C(=O)c1ccccn1. The molecule has 1 N–H and O–H groups in total. The van der Waals surface area contributed by atoms with Crippen molar-refractivity contribution < 1.29 is 4.79 Å². The van der Waals surface area contributed by atoms with Gasteiger partial charge in [-0.1, -0.05) is 13.0 Å². The smallest absolute Gasteiger partial charge is 0.251 e. The van der Waals surface area contributed by atoms with E-state index in [9.17, 15) is 9.59 Å². The van der Waals surface area contributed by atoms with Gasteiger partial charge < -0.3 is 4.98 Å². The van der Waals surface area contributed by atoms with Crippen molar-refractivity contribution in [2.24, 2.45) is 0 Å². The van der Waals surface area contributed by atoms with Crippen LogP contribution in [0.25, 0.3) is 0 Å². The van der Waals surface area contributed by atoms with Gasteiger partial charge in [-0.25, -0.2) is 0 Å². The lowest BCUT2D eigenvalue weighted by molar-refractivity contribution is 0.103. The summed E-state index contributed by atoms with van der Waals surface area (Å²) in [6.07, 6.45) is 2.18. The highest BCUT2D eigenvalue weighted by atomic mass is 16.1. The van der Waals surface area contributed by atoms with Crippen LogP contribution >= 0.6 is 0 Å². The van der Waals surface area contributed by atoms with Crippen molar-refractivity contribution in [3.05, 3.63) is 63.3 Å². The van der Waals surface area contributed by atoms with Gasteiger partial charge in [-0.15, -0.1) is 0 Å². The van der Waals surface area contributed by atoms with Gasteiger partial charge in [0.15, 0.2) is 0 Å². The molecule has 0 spiro atoms. The van der Waals surface area contributed by atoms with E-state index < -0.39 is 0 Å². The minimum absolute atomic E-state index is 0.149. The first kappa shape index (κ1) is 12.2. The van der Waals surface area contributed by atoms with E-state index in [1.54, 1.807) is 37.4 Å². The van der Waals surface area contributed by atoms with E-state index in [1.165, 1.54) is 0 Å². The fourth-order valence-corrected chi connectivity index (χ4v) is 1.79. The number of carbonyl (C=O) groups excluding carboxylic acids is 1. The molecular weight excluding hydrogens is 228 g/mol. The summed E-state index contributed by atoms with van der Waals surface area (Å²) in [6.45, 7) is 3.59. The fourth-order valence-electron chi connectivity index (χ4n) is 1.79. The number of hydrogen-bond acceptors (Lipinski definition) is 3. The lowest BCUT2D eigenvalue weighted by Crippen LogP contribution is -2.17. The number of nitrogens with one attached hydrogen (secondary N) is 1. The van der Waals surface area contributed by atoms with Crippen LogP contribution in [0.4, 0.5) is 0 Å². The Morgan fingerprint density at radius 3 is 2.78 bits per heavy atom. The zero-order valence-corrected chi connectivity index (χ0v) is 10.4. The zero-order valence-electron chi connectivity index (χ0n) is 10.4. The molecule has 2 heterocycles. The maximum absolute atomic E-state index is 12.3. The average Bonchev–Trinajstić information content (AvgIpc) is 2.41. The zero-order chi connectivity index (χ0) is 13.1.